The molecule has 1 amide bonds. The van der Waals surface area contributed by atoms with Crippen molar-refractivity contribution in [2.45, 2.75) is 25.4 Å². The van der Waals surface area contributed by atoms with Gasteiger partial charge in [0, 0.05) is 24.0 Å². The van der Waals surface area contributed by atoms with Gasteiger partial charge in [-0.15, -0.1) is 0 Å². The number of nitrogens with one attached hydrogen (secondary N) is 2. The SMILES string of the molecule is CCN1C(N)=N[C@](C)(c2cc(NC(=O)C3C=CC(OC)=CN3)ccc2F)CS1(=O)=O. The number of nitrogens with two attached hydrogens (primary N) is 1. The van der Waals surface area contributed by atoms with Gasteiger partial charge < -0.3 is 21.1 Å². The number of guanidine groups is 1. The molecule has 162 valence electrons. The van der Waals surface area contributed by atoms with Gasteiger partial charge in [0.1, 0.15) is 23.2 Å². The Bertz CT molecular complexity index is 1050. The predicted molar refractivity (Wildman–Crippen MR) is 111 cm³/mol. The normalized spacial score (nSPS) is 25.1. The third-order valence-electron chi connectivity index (χ3n) is 4.89. The molecular weight excluding hydrogens is 413 g/mol. The molecule has 2 atom stereocenters. The van der Waals surface area contributed by atoms with E-state index in [0.29, 0.717) is 11.4 Å². The molecule has 1 aromatic carbocycles. The third-order valence-corrected chi connectivity index (χ3v) is 6.94. The van der Waals surface area contributed by atoms with E-state index in [-0.39, 0.29) is 24.0 Å². The summed E-state index contributed by atoms with van der Waals surface area (Å²) < 4.78 is 45.9. The Hall–Kier alpha value is -3.08. The summed E-state index contributed by atoms with van der Waals surface area (Å²) in [5.74, 6) is -1.09. The summed E-state index contributed by atoms with van der Waals surface area (Å²) in [5.41, 5.74) is 4.74. The molecule has 0 saturated heterocycles. The highest BCUT2D eigenvalue weighted by Gasteiger charge is 2.42. The number of dihydropyridines is 1. The Balaban J connectivity index is 1.87. The lowest BCUT2D eigenvalue weighted by molar-refractivity contribution is -0.116. The minimum atomic E-state index is -3.77. The fourth-order valence-corrected chi connectivity index (χ4v) is 5.21. The van der Waals surface area contributed by atoms with Gasteiger partial charge in [-0.2, -0.15) is 0 Å². The van der Waals surface area contributed by atoms with Crippen molar-refractivity contribution < 1.29 is 22.3 Å². The number of methoxy groups -OCH3 is 1. The second kappa shape index (κ2) is 7.98. The quantitative estimate of drug-likeness (QED) is 0.630. The van der Waals surface area contributed by atoms with E-state index in [1.807, 2.05) is 0 Å². The van der Waals surface area contributed by atoms with Crippen LogP contribution < -0.4 is 16.4 Å². The fourth-order valence-electron chi connectivity index (χ4n) is 3.41. The first-order chi connectivity index (χ1) is 14.1. The highest BCUT2D eigenvalue weighted by Crippen LogP contribution is 2.35. The number of allylic oxidation sites excluding steroid dienone is 1. The number of halogens is 1. The van der Waals surface area contributed by atoms with Crippen molar-refractivity contribution in [1.29, 1.82) is 0 Å². The molecule has 2 aliphatic rings. The van der Waals surface area contributed by atoms with Crippen molar-refractivity contribution in [3.05, 3.63) is 53.7 Å². The molecule has 0 spiro atoms. The number of amides is 1. The van der Waals surface area contributed by atoms with Crippen LogP contribution in [0.5, 0.6) is 0 Å². The summed E-state index contributed by atoms with van der Waals surface area (Å²) in [7, 11) is -2.26. The van der Waals surface area contributed by atoms with Crippen molar-refractivity contribution in [1.82, 2.24) is 9.62 Å². The minimum Gasteiger partial charge on any atom is -0.495 e. The van der Waals surface area contributed by atoms with Crippen LogP contribution in [0.4, 0.5) is 10.1 Å². The number of carbonyl (C=O) groups is 1. The van der Waals surface area contributed by atoms with Crippen molar-refractivity contribution >= 4 is 27.6 Å². The molecule has 2 aliphatic heterocycles. The summed E-state index contributed by atoms with van der Waals surface area (Å²) in [4.78, 5) is 16.8. The van der Waals surface area contributed by atoms with Crippen molar-refractivity contribution in [2.75, 3.05) is 24.7 Å². The number of aliphatic imine (C=N–C) groups is 1. The number of anilines is 1. The first-order valence-electron chi connectivity index (χ1n) is 9.24. The molecule has 4 N–H and O–H groups in total. The van der Waals surface area contributed by atoms with E-state index in [1.54, 1.807) is 25.3 Å². The molecule has 0 aliphatic carbocycles. The maximum Gasteiger partial charge on any atom is 0.250 e. The van der Waals surface area contributed by atoms with E-state index in [4.69, 9.17) is 10.5 Å². The highest BCUT2D eigenvalue weighted by atomic mass is 32.2. The second-order valence-electron chi connectivity index (χ2n) is 7.10. The topological polar surface area (TPSA) is 126 Å². The average Bonchev–Trinajstić information content (AvgIpc) is 2.68. The van der Waals surface area contributed by atoms with Crippen LogP contribution in [0.15, 0.2) is 47.3 Å². The number of sulfonamides is 1. The van der Waals surface area contributed by atoms with Crippen molar-refractivity contribution in [3.63, 3.8) is 0 Å². The molecule has 11 heteroatoms. The molecule has 0 saturated carbocycles. The van der Waals surface area contributed by atoms with Crippen LogP contribution in [0.2, 0.25) is 0 Å². The van der Waals surface area contributed by atoms with Crippen LogP contribution in [0.3, 0.4) is 0 Å². The van der Waals surface area contributed by atoms with Gasteiger partial charge in [-0.25, -0.2) is 22.1 Å². The van der Waals surface area contributed by atoms with Crippen molar-refractivity contribution in [3.8, 4) is 0 Å². The van der Waals surface area contributed by atoms with Crippen LogP contribution >= 0.6 is 0 Å². The molecule has 30 heavy (non-hydrogen) atoms. The Labute approximate surface area is 174 Å². The van der Waals surface area contributed by atoms with Crippen LogP contribution in [0.25, 0.3) is 0 Å². The average molecular weight is 437 g/mol. The van der Waals surface area contributed by atoms with Gasteiger partial charge in [0.05, 0.1) is 12.9 Å². The molecular formula is C19H24FN5O4S. The summed E-state index contributed by atoms with van der Waals surface area (Å²) in [6, 6.07) is 3.29. The second-order valence-corrected chi connectivity index (χ2v) is 9.00. The van der Waals surface area contributed by atoms with Gasteiger partial charge in [0.25, 0.3) is 5.91 Å². The molecule has 0 aromatic heterocycles. The van der Waals surface area contributed by atoms with Crippen molar-refractivity contribution in [2.24, 2.45) is 10.7 Å². The molecule has 0 radical (unpaired) electrons. The summed E-state index contributed by atoms with van der Waals surface area (Å²) in [6.07, 6.45) is 4.84. The molecule has 9 nitrogen and oxygen atoms in total. The van der Waals surface area contributed by atoms with Gasteiger partial charge >= 0.3 is 0 Å². The van der Waals surface area contributed by atoms with E-state index in [2.05, 4.69) is 15.6 Å². The zero-order valence-electron chi connectivity index (χ0n) is 16.8. The zero-order valence-corrected chi connectivity index (χ0v) is 17.7. The Kier molecular flexibility index (Phi) is 5.75. The Morgan fingerprint density at radius 2 is 2.23 bits per heavy atom. The third kappa shape index (κ3) is 4.11. The van der Waals surface area contributed by atoms with Gasteiger partial charge in [0.15, 0.2) is 0 Å². The van der Waals surface area contributed by atoms with Gasteiger partial charge in [0.2, 0.25) is 16.0 Å². The number of rotatable bonds is 5. The highest BCUT2D eigenvalue weighted by molar-refractivity contribution is 7.89. The molecule has 2 heterocycles. The fraction of sp³-hybridized carbons (Fsp3) is 0.368. The maximum absolute atomic E-state index is 14.7. The zero-order chi connectivity index (χ0) is 22.1. The largest absolute Gasteiger partial charge is 0.495 e. The smallest absolute Gasteiger partial charge is 0.250 e. The molecule has 1 unspecified atom stereocenters. The lowest BCUT2D eigenvalue weighted by Crippen LogP contribution is -2.52. The van der Waals surface area contributed by atoms with Crippen LogP contribution in [0.1, 0.15) is 19.4 Å². The van der Waals surface area contributed by atoms with Gasteiger partial charge in [-0.1, -0.05) is 0 Å². The number of ether oxygens (including phenoxy) is 1. The van der Waals surface area contributed by atoms with E-state index >= 15 is 0 Å². The van der Waals surface area contributed by atoms with E-state index in [1.165, 1.54) is 26.2 Å². The summed E-state index contributed by atoms with van der Waals surface area (Å²) in [6.45, 7) is 3.27. The number of nitrogens with zero attached hydrogens (tertiary/aromatic N) is 2. The van der Waals surface area contributed by atoms with Gasteiger partial charge in [-0.3, -0.25) is 4.79 Å². The molecule has 0 fully saturated rings. The lowest BCUT2D eigenvalue weighted by atomic mass is 9.93. The Morgan fingerprint density at radius 1 is 1.50 bits per heavy atom. The predicted octanol–water partition coefficient (Wildman–Crippen LogP) is 0.975. The molecule has 3 rings (SSSR count). The minimum absolute atomic E-state index is 0.0243. The van der Waals surface area contributed by atoms with Crippen LogP contribution in [-0.4, -0.2) is 50.0 Å². The number of carbonyl (C=O) groups excluding carboxylic acids is 1. The monoisotopic (exact) mass is 437 g/mol. The first kappa shape index (κ1) is 21.6. The van der Waals surface area contributed by atoms with Crippen LogP contribution in [-0.2, 0) is 25.1 Å². The molecule has 0 bridgehead atoms. The number of hydrogen-bond donors (Lipinski definition) is 3. The van der Waals surface area contributed by atoms with E-state index in [0.717, 1.165) is 10.4 Å². The van der Waals surface area contributed by atoms with Gasteiger partial charge in [-0.05, 0) is 44.2 Å². The molecule has 1 aromatic rings. The Morgan fingerprint density at radius 3 is 2.80 bits per heavy atom. The summed E-state index contributed by atoms with van der Waals surface area (Å²) >= 11 is 0. The summed E-state index contributed by atoms with van der Waals surface area (Å²) in [5, 5.41) is 5.57. The number of hydrogen-bond acceptors (Lipinski definition) is 7. The lowest BCUT2D eigenvalue weighted by Gasteiger charge is -2.36. The standard InChI is InChI=1S/C19H24FN5O4S/c1-4-25-18(21)24-19(2,11-30(25,27)28)14-9-12(5-7-15(14)20)23-17(26)16-8-6-13(29-3)10-22-16/h5-10,16,22H,4,11H2,1-3H3,(H2,21,24)(H,23,26)/t16?,19-/m0/s1. The first-order valence-corrected chi connectivity index (χ1v) is 10.9. The number of benzene rings is 1. The van der Waals surface area contributed by atoms with Crippen LogP contribution in [0, 0.1) is 5.82 Å². The van der Waals surface area contributed by atoms with E-state index < -0.39 is 33.2 Å². The maximum atomic E-state index is 14.7. The van der Waals surface area contributed by atoms with E-state index in [9.17, 15) is 17.6 Å².